The average Bonchev–Trinajstić information content (AvgIpc) is 2.93. The SMILES string of the molecule is COC(=O)C1=NNC2(C)C(=O)N(c3cccc(Cl)c3)C(=O)C12. The number of hydrogen-bond donors (Lipinski definition) is 1. The van der Waals surface area contributed by atoms with E-state index in [1.165, 1.54) is 20.1 Å². The zero-order valence-electron chi connectivity index (χ0n) is 11.8. The Bertz CT molecular complexity index is 733. The normalized spacial score (nSPS) is 26.6. The van der Waals surface area contributed by atoms with Gasteiger partial charge in [-0.15, -0.1) is 0 Å². The first kappa shape index (κ1) is 14.5. The van der Waals surface area contributed by atoms with Crippen molar-refractivity contribution in [3.63, 3.8) is 0 Å². The number of nitrogens with zero attached hydrogens (tertiary/aromatic N) is 2. The number of amides is 2. The first-order valence-corrected chi connectivity index (χ1v) is 6.85. The van der Waals surface area contributed by atoms with Gasteiger partial charge in [0.15, 0.2) is 5.71 Å². The molecule has 3 rings (SSSR count). The molecular weight excluding hydrogens is 310 g/mol. The molecule has 2 heterocycles. The van der Waals surface area contributed by atoms with Crippen LogP contribution in [-0.4, -0.2) is 36.1 Å². The lowest BCUT2D eigenvalue weighted by molar-refractivity contribution is -0.133. The highest BCUT2D eigenvalue weighted by molar-refractivity contribution is 6.47. The molecule has 0 radical (unpaired) electrons. The minimum atomic E-state index is -1.30. The van der Waals surface area contributed by atoms with Crippen molar-refractivity contribution in [2.75, 3.05) is 12.0 Å². The third kappa shape index (κ3) is 1.82. The second-order valence-corrected chi connectivity index (χ2v) is 5.63. The maximum absolute atomic E-state index is 12.7. The molecule has 22 heavy (non-hydrogen) atoms. The van der Waals surface area contributed by atoms with E-state index in [0.29, 0.717) is 10.7 Å². The van der Waals surface area contributed by atoms with Crippen molar-refractivity contribution in [1.29, 1.82) is 0 Å². The van der Waals surface area contributed by atoms with Gasteiger partial charge < -0.3 is 4.74 Å². The Morgan fingerprint density at radius 2 is 2.18 bits per heavy atom. The number of imide groups is 1. The summed E-state index contributed by atoms with van der Waals surface area (Å²) < 4.78 is 4.62. The second kappa shape index (κ2) is 4.81. The van der Waals surface area contributed by atoms with Crippen LogP contribution >= 0.6 is 11.6 Å². The predicted octanol–water partition coefficient (Wildman–Crippen LogP) is 0.720. The van der Waals surface area contributed by atoms with Crippen LogP contribution in [0.5, 0.6) is 0 Å². The van der Waals surface area contributed by atoms with Crippen molar-refractivity contribution in [3.05, 3.63) is 29.3 Å². The topological polar surface area (TPSA) is 88.1 Å². The van der Waals surface area contributed by atoms with Crippen molar-refractivity contribution in [3.8, 4) is 0 Å². The average molecular weight is 322 g/mol. The number of methoxy groups -OCH3 is 1. The lowest BCUT2D eigenvalue weighted by atomic mass is 9.86. The van der Waals surface area contributed by atoms with Crippen molar-refractivity contribution in [1.82, 2.24) is 5.43 Å². The Balaban J connectivity index is 2.05. The molecule has 2 aliphatic heterocycles. The van der Waals surface area contributed by atoms with Gasteiger partial charge >= 0.3 is 5.97 Å². The summed E-state index contributed by atoms with van der Waals surface area (Å²) in [6, 6.07) is 6.38. The molecule has 0 saturated carbocycles. The second-order valence-electron chi connectivity index (χ2n) is 5.19. The van der Waals surface area contributed by atoms with E-state index in [9.17, 15) is 14.4 Å². The van der Waals surface area contributed by atoms with Crippen molar-refractivity contribution in [2.45, 2.75) is 12.5 Å². The molecule has 2 aliphatic rings. The van der Waals surface area contributed by atoms with Crippen molar-refractivity contribution in [2.24, 2.45) is 11.0 Å². The largest absolute Gasteiger partial charge is 0.464 e. The summed E-state index contributed by atoms with van der Waals surface area (Å²) in [5.74, 6) is -2.79. The fraction of sp³-hybridized carbons (Fsp3) is 0.286. The van der Waals surface area contributed by atoms with Crippen LogP contribution < -0.4 is 10.3 Å². The van der Waals surface area contributed by atoms with E-state index < -0.39 is 29.2 Å². The highest BCUT2D eigenvalue weighted by Crippen LogP contribution is 2.38. The Hall–Kier alpha value is -2.41. The van der Waals surface area contributed by atoms with E-state index >= 15 is 0 Å². The summed E-state index contributed by atoms with van der Waals surface area (Å²) in [6.45, 7) is 1.53. The number of ether oxygens (including phenoxy) is 1. The molecule has 1 fully saturated rings. The molecule has 1 N–H and O–H groups in total. The van der Waals surface area contributed by atoms with E-state index in [1.807, 2.05) is 0 Å². The number of fused-ring (bicyclic) bond motifs is 1. The molecule has 1 aromatic carbocycles. The van der Waals surface area contributed by atoms with Crippen LogP contribution in [0.1, 0.15) is 6.92 Å². The molecule has 8 heteroatoms. The highest BCUT2D eigenvalue weighted by Gasteiger charge is 2.63. The van der Waals surface area contributed by atoms with Gasteiger partial charge in [-0.3, -0.25) is 15.0 Å². The monoisotopic (exact) mass is 321 g/mol. The maximum atomic E-state index is 12.7. The van der Waals surface area contributed by atoms with Gasteiger partial charge in [-0.2, -0.15) is 5.10 Å². The Labute approximate surface area is 130 Å². The zero-order chi connectivity index (χ0) is 16.1. The number of halogens is 1. The predicted molar refractivity (Wildman–Crippen MR) is 78.4 cm³/mol. The number of esters is 1. The van der Waals surface area contributed by atoms with E-state index in [1.54, 1.807) is 18.2 Å². The van der Waals surface area contributed by atoms with E-state index in [-0.39, 0.29) is 5.71 Å². The molecule has 0 aliphatic carbocycles. The zero-order valence-corrected chi connectivity index (χ0v) is 12.5. The number of anilines is 1. The van der Waals surface area contributed by atoms with Gasteiger partial charge in [-0.1, -0.05) is 17.7 Å². The molecule has 1 aromatic rings. The molecular formula is C14H12ClN3O4. The minimum absolute atomic E-state index is 0.104. The molecule has 2 atom stereocenters. The number of benzene rings is 1. The van der Waals surface area contributed by atoms with Gasteiger partial charge in [0.25, 0.3) is 5.91 Å². The Kier molecular flexibility index (Phi) is 3.17. The van der Waals surface area contributed by atoms with E-state index in [0.717, 1.165) is 4.90 Å². The van der Waals surface area contributed by atoms with Crippen LogP contribution in [0.15, 0.2) is 29.4 Å². The van der Waals surface area contributed by atoms with Crippen LogP contribution in [0.4, 0.5) is 5.69 Å². The fourth-order valence-corrected chi connectivity index (χ4v) is 2.89. The molecule has 0 aromatic heterocycles. The van der Waals surface area contributed by atoms with Crippen LogP contribution in [0.25, 0.3) is 0 Å². The third-order valence-corrected chi connectivity index (χ3v) is 4.07. The molecule has 2 unspecified atom stereocenters. The maximum Gasteiger partial charge on any atom is 0.355 e. The number of hydrazone groups is 1. The highest BCUT2D eigenvalue weighted by atomic mass is 35.5. The Morgan fingerprint density at radius 3 is 2.82 bits per heavy atom. The first-order chi connectivity index (χ1) is 10.4. The lowest BCUT2D eigenvalue weighted by Gasteiger charge is -2.20. The first-order valence-electron chi connectivity index (χ1n) is 6.47. The molecule has 7 nitrogen and oxygen atoms in total. The van der Waals surface area contributed by atoms with E-state index in [4.69, 9.17) is 11.6 Å². The fourth-order valence-electron chi connectivity index (χ4n) is 2.70. The summed E-state index contributed by atoms with van der Waals surface area (Å²) in [5.41, 5.74) is 1.54. The number of rotatable bonds is 2. The summed E-state index contributed by atoms with van der Waals surface area (Å²) in [4.78, 5) is 38.1. The van der Waals surface area contributed by atoms with Gasteiger partial charge in [-0.05, 0) is 25.1 Å². The molecule has 1 saturated heterocycles. The van der Waals surface area contributed by atoms with Crippen LogP contribution in [-0.2, 0) is 19.1 Å². The van der Waals surface area contributed by atoms with Gasteiger partial charge in [0.1, 0.15) is 11.5 Å². The van der Waals surface area contributed by atoms with Crippen molar-refractivity contribution >= 4 is 40.8 Å². The molecule has 0 spiro atoms. The Morgan fingerprint density at radius 1 is 1.45 bits per heavy atom. The molecule has 114 valence electrons. The van der Waals surface area contributed by atoms with Crippen LogP contribution in [0.2, 0.25) is 5.02 Å². The molecule has 0 bridgehead atoms. The van der Waals surface area contributed by atoms with Gasteiger partial charge in [0.05, 0.1) is 12.8 Å². The third-order valence-electron chi connectivity index (χ3n) is 3.84. The molecule has 2 amide bonds. The minimum Gasteiger partial charge on any atom is -0.464 e. The number of hydrogen-bond acceptors (Lipinski definition) is 6. The summed E-state index contributed by atoms with van der Waals surface area (Å²) in [6.07, 6.45) is 0. The van der Waals surface area contributed by atoms with Crippen LogP contribution in [0.3, 0.4) is 0 Å². The van der Waals surface area contributed by atoms with Crippen LogP contribution in [0, 0.1) is 5.92 Å². The standard InChI is InChI=1S/C14H12ClN3O4/c1-14-9(10(16-17-14)12(20)22-2)11(19)18(13(14)21)8-5-3-4-7(15)6-8/h3-6,9,17H,1-2H3. The summed E-state index contributed by atoms with van der Waals surface area (Å²) >= 11 is 5.91. The smallest absolute Gasteiger partial charge is 0.355 e. The van der Waals surface area contributed by atoms with Gasteiger partial charge in [0, 0.05) is 5.02 Å². The summed E-state index contributed by atoms with van der Waals surface area (Å²) in [5, 5.41) is 4.21. The summed E-state index contributed by atoms with van der Waals surface area (Å²) in [7, 11) is 1.19. The quantitative estimate of drug-likeness (QED) is 0.640. The number of carbonyl (C=O) groups excluding carboxylic acids is 3. The van der Waals surface area contributed by atoms with Gasteiger partial charge in [-0.25, -0.2) is 9.69 Å². The van der Waals surface area contributed by atoms with Gasteiger partial charge in [0.2, 0.25) is 5.91 Å². The van der Waals surface area contributed by atoms with Crippen molar-refractivity contribution < 1.29 is 19.1 Å². The number of carbonyl (C=O) groups is 3. The lowest BCUT2D eigenvalue weighted by Crippen LogP contribution is -2.48. The van der Waals surface area contributed by atoms with E-state index in [2.05, 4.69) is 15.3 Å². The number of nitrogens with one attached hydrogen (secondary N) is 1.